The monoisotopic (exact) mass is 410 g/mol. The van der Waals surface area contributed by atoms with E-state index in [2.05, 4.69) is 13.8 Å². The lowest BCUT2D eigenvalue weighted by atomic mass is 9.90. The fraction of sp³-hybridized carbons (Fsp3) is 0.462. The van der Waals surface area contributed by atoms with Gasteiger partial charge in [0.25, 0.3) is 0 Å². The van der Waals surface area contributed by atoms with Gasteiger partial charge in [-0.2, -0.15) is 0 Å². The molecule has 0 aliphatic rings. The predicted octanol–water partition coefficient (Wildman–Crippen LogP) is 5.71. The fourth-order valence-electron chi connectivity index (χ4n) is 3.29. The first-order valence-electron chi connectivity index (χ1n) is 10.9. The number of carbonyl (C=O) groups excluding carboxylic acids is 2. The molecule has 2 aromatic rings. The Bertz CT molecular complexity index is 740. The van der Waals surface area contributed by atoms with Gasteiger partial charge in [-0.3, -0.25) is 9.59 Å². The Morgan fingerprint density at radius 2 is 1.57 bits per heavy atom. The second-order valence-corrected chi connectivity index (χ2v) is 8.11. The van der Waals surface area contributed by atoms with E-state index in [0.717, 1.165) is 24.0 Å². The summed E-state index contributed by atoms with van der Waals surface area (Å²) in [6.45, 7) is 5.66. The Labute approximate surface area is 180 Å². The average Bonchev–Trinajstić information content (AvgIpc) is 2.76. The third kappa shape index (κ3) is 9.84. The number of benzene rings is 2. The summed E-state index contributed by atoms with van der Waals surface area (Å²) in [6.07, 6.45) is 2.84. The molecule has 0 bridgehead atoms. The number of rotatable bonds is 14. The van der Waals surface area contributed by atoms with Crippen molar-refractivity contribution in [3.05, 3.63) is 71.8 Å². The minimum atomic E-state index is -0.207. The molecule has 0 radical (unpaired) electrons. The van der Waals surface area contributed by atoms with E-state index in [4.69, 9.17) is 9.47 Å². The van der Waals surface area contributed by atoms with Gasteiger partial charge in [-0.05, 0) is 35.8 Å². The Morgan fingerprint density at radius 1 is 0.900 bits per heavy atom. The van der Waals surface area contributed by atoms with E-state index >= 15 is 0 Å². The molecule has 30 heavy (non-hydrogen) atoms. The first-order valence-corrected chi connectivity index (χ1v) is 10.9. The van der Waals surface area contributed by atoms with Crippen LogP contribution in [0.4, 0.5) is 0 Å². The van der Waals surface area contributed by atoms with Crippen molar-refractivity contribution < 1.29 is 19.1 Å². The molecule has 0 aliphatic heterocycles. The van der Waals surface area contributed by atoms with Crippen molar-refractivity contribution in [2.24, 2.45) is 5.92 Å². The number of hydrogen-bond acceptors (Lipinski definition) is 4. The fourth-order valence-corrected chi connectivity index (χ4v) is 3.29. The first-order chi connectivity index (χ1) is 14.5. The zero-order chi connectivity index (χ0) is 21.6. The van der Waals surface area contributed by atoms with Gasteiger partial charge in [0.2, 0.25) is 0 Å². The van der Waals surface area contributed by atoms with Crippen LogP contribution in [0.5, 0.6) is 0 Å². The van der Waals surface area contributed by atoms with E-state index in [-0.39, 0.29) is 24.3 Å². The molecule has 0 saturated carbocycles. The van der Waals surface area contributed by atoms with E-state index in [1.165, 1.54) is 0 Å². The maximum absolute atomic E-state index is 12.4. The van der Waals surface area contributed by atoms with Crippen LogP contribution in [0.2, 0.25) is 0 Å². The van der Waals surface area contributed by atoms with Gasteiger partial charge in [0.1, 0.15) is 12.4 Å². The first kappa shape index (κ1) is 23.8. The van der Waals surface area contributed by atoms with Crippen LogP contribution >= 0.6 is 0 Å². The predicted molar refractivity (Wildman–Crippen MR) is 119 cm³/mol. The maximum atomic E-state index is 12.4. The van der Waals surface area contributed by atoms with Gasteiger partial charge in [-0.25, -0.2) is 0 Å². The normalized spacial score (nSPS) is 12.0. The van der Waals surface area contributed by atoms with Gasteiger partial charge in [-0.15, -0.1) is 0 Å². The quantitative estimate of drug-likeness (QED) is 0.296. The second-order valence-electron chi connectivity index (χ2n) is 8.11. The van der Waals surface area contributed by atoms with Crippen LogP contribution in [-0.4, -0.2) is 25.0 Å². The number of esters is 1. The van der Waals surface area contributed by atoms with Crippen molar-refractivity contribution in [3.8, 4) is 0 Å². The van der Waals surface area contributed by atoms with Crippen LogP contribution in [0.3, 0.4) is 0 Å². The molecule has 0 spiro atoms. The van der Waals surface area contributed by atoms with Crippen molar-refractivity contribution >= 4 is 11.8 Å². The summed E-state index contributed by atoms with van der Waals surface area (Å²) >= 11 is 0. The Morgan fingerprint density at radius 3 is 2.23 bits per heavy atom. The molecule has 0 aromatic heterocycles. The Hall–Kier alpha value is -2.46. The van der Waals surface area contributed by atoms with Gasteiger partial charge >= 0.3 is 5.97 Å². The zero-order valence-electron chi connectivity index (χ0n) is 18.2. The number of ether oxygens (including phenoxy) is 2. The van der Waals surface area contributed by atoms with Gasteiger partial charge in [0, 0.05) is 19.4 Å². The molecule has 0 saturated heterocycles. The lowest BCUT2D eigenvalue weighted by Crippen LogP contribution is -2.12. The third-order valence-corrected chi connectivity index (χ3v) is 4.91. The van der Waals surface area contributed by atoms with Gasteiger partial charge < -0.3 is 9.47 Å². The number of carbonyl (C=O) groups is 2. The molecule has 0 amide bonds. The Balaban J connectivity index is 1.79. The highest BCUT2D eigenvalue weighted by molar-refractivity contribution is 5.78. The van der Waals surface area contributed by atoms with E-state index in [1.807, 2.05) is 60.7 Å². The van der Waals surface area contributed by atoms with E-state index in [0.29, 0.717) is 38.4 Å². The minimum Gasteiger partial charge on any atom is -0.461 e. The van der Waals surface area contributed by atoms with Crippen LogP contribution in [-0.2, 0) is 25.7 Å². The van der Waals surface area contributed by atoms with E-state index in [1.54, 1.807) is 0 Å². The molecule has 0 fully saturated rings. The highest BCUT2D eigenvalue weighted by Crippen LogP contribution is 2.26. The van der Waals surface area contributed by atoms with Gasteiger partial charge in [0.05, 0.1) is 13.0 Å². The molecular weight excluding hydrogens is 376 g/mol. The smallest absolute Gasteiger partial charge is 0.306 e. The average molecular weight is 411 g/mol. The molecular formula is C26H34O4. The van der Waals surface area contributed by atoms with Crippen molar-refractivity contribution in [1.29, 1.82) is 0 Å². The van der Waals surface area contributed by atoms with Crippen LogP contribution < -0.4 is 0 Å². The summed E-state index contributed by atoms with van der Waals surface area (Å²) in [5, 5.41) is 0. The molecule has 0 aliphatic carbocycles. The second kappa shape index (κ2) is 13.7. The van der Waals surface area contributed by atoms with E-state index in [9.17, 15) is 9.59 Å². The molecule has 0 N–H and O–H groups in total. The Kier molecular flexibility index (Phi) is 10.9. The third-order valence-electron chi connectivity index (χ3n) is 4.91. The van der Waals surface area contributed by atoms with Crippen LogP contribution in [0, 0.1) is 5.92 Å². The van der Waals surface area contributed by atoms with Crippen molar-refractivity contribution in [3.63, 3.8) is 0 Å². The molecule has 1 unspecified atom stereocenters. The van der Waals surface area contributed by atoms with Crippen LogP contribution in [0.25, 0.3) is 0 Å². The SMILES string of the molecule is CC(C)COCCC(=O)CCCC(CC(=O)OCc1ccccc1)c1ccccc1. The summed E-state index contributed by atoms with van der Waals surface area (Å²) in [5.74, 6) is 0.547. The van der Waals surface area contributed by atoms with Crippen molar-refractivity contribution in [2.75, 3.05) is 13.2 Å². The zero-order valence-corrected chi connectivity index (χ0v) is 18.2. The highest BCUT2D eigenvalue weighted by Gasteiger charge is 2.17. The molecule has 1 atom stereocenters. The summed E-state index contributed by atoms with van der Waals surface area (Å²) in [6, 6.07) is 19.7. The molecule has 4 heteroatoms. The summed E-state index contributed by atoms with van der Waals surface area (Å²) in [7, 11) is 0. The minimum absolute atomic E-state index is 0.0551. The number of Topliss-reactive ketones (excluding diaryl/α,β-unsaturated/α-hetero) is 1. The van der Waals surface area contributed by atoms with Crippen molar-refractivity contribution in [2.45, 2.75) is 58.5 Å². The van der Waals surface area contributed by atoms with Crippen molar-refractivity contribution in [1.82, 2.24) is 0 Å². The topological polar surface area (TPSA) is 52.6 Å². The summed E-state index contributed by atoms with van der Waals surface area (Å²) in [4.78, 5) is 24.5. The lowest BCUT2D eigenvalue weighted by Gasteiger charge is -2.17. The maximum Gasteiger partial charge on any atom is 0.306 e. The van der Waals surface area contributed by atoms with E-state index < -0.39 is 0 Å². The van der Waals surface area contributed by atoms with Gasteiger partial charge in [0.15, 0.2) is 0 Å². The standard InChI is InChI=1S/C26H34O4/c1-21(2)19-29-17-16-25(27)15-9-14-24(23-12-7-4-8-13-23)18-26(28)30-20-22-10-5-3-6-11-22/h3-8,10-13,21,24H,9,14-20H2,1-2H3. The number of ketones is 1. The van der Waals surface area contributed by atoms with Crippen LogP contribution in [0.15, 0.2) is 60.7 Å². The largest absolute Gasteiger partial charge is 0.461 e. The molecule has 0 heterocycles. The summed E-state index contributed by atoms with van der Waals surface area (Å²) in [5.41, 5.74) is 2.09. The molecule has 162 valence electrons. The molecule has 4 nitrogen and oxygen atoms in total. The highest BCUT2D eigenvalue weighted by atomic mass is 16.5. The lowest BCUT2D eigenvalue weighted by molar-refractivity contribution is -0.145. The molecule has 2 aromatic carbocycles. The van der Waals surface area contributed by atoms with Gasteiger partial charge in [-0.1, -0.05) is 74.5 Å². The number of hydrogen-bond donors (Lipinski definition) is 0. The molecule has 2 rings (SSSR count). The summed E-state index contributed by atoms with van der Waals surface area (Å²) < 4.78 is 11.0. The van der Waals surface area contributed by atoms with Crippen LogP contribution in [0.1, 0.15) is 63.0 Å².